The zero-order valence-corrected chi connectivity index (χ0v) is 13.1. The molecule has 0 radical (unpaired) electrons. The molecule has 1 amide bonds. The van der Waals surface area contributed by atoms with E-state index in [1.54, 1.807) is 4.90 Å². The zero-order chi connectivity index (χ0) is 17.1. The Morgan fingerprint density at radius 1 is 1.12 bits per heavy atom. The van der Waals surface area contributed by atoms with Crippen molar-refractivity contribution in [3.63, 3.8) is 0 Å². The van der Waals surface area contributed by atoms with Crippen molar-refractivity contribution < 1.29 is 18.0 Å². The Kier molecular flexibility index (Phi) is 3.51. The van der Waals surface area contributed by atoms with Gasteiger partial charge in [-0.15, -0.1) is 0 Å². The van der Waals surface area contributed by atoms with Crippen LogP contribution in [0.25, 0.3) is 0 Å². The maximum absolute atomic E-state index is 12.8. The highest BCUT2D eigenvalue weighted by atomic mass is 19.4. The van der Waals surface area contributed by atoms with Gasteiger partial charge < -0.3 is 9.47 Å². The van der Waals surface area contributed by atoms with Gasteiger partial charge in [-0.1, -0.05) is 0 Å². The third-order valence-electron chi connectivity index (χ3n) is 6.11. The average Bonchev–Trinajstić information content (AvgIpc) is 3.20. The molecule has 130 valence electrons. The number of carbonyl (C=O) groups is 1. The number of nitrogens with zero attached hydrogens (tertiary/aromatic N) is 2. The molecule has 2 heterocycles. The highest BCUT2D eigenvalue weighted by Gasteiger charge is 2.52. The van der Waals surface area contributed by atoms with Crippen molar-refractivity contribution in [2.75, 3.05) is 13.1 Å². The Morgan fingerprint density at radius 3 is 2.33 bits per heavy atom. The lowest BCUT2D eigenvalue weighted by Crippen LogP contribution is -2.36. The SMILES string of the molecule is O=C(Cn1cc(C(F)(F)F)ccc1=O)N1C[C@@H]2[C@@H]3CC[C@@H](C3)[C@@H]2C1. The highest BCUT2D eigenvalue weighted by Crippen LogP contribution is 2.55. The fraction of sp³-hybridized carbons (Fsp3) is 0.647. The average molecular weight is 340 g/mol. The van der Waals surface area contributed by atoms with E-state index < -0.39 is 17.3 Å². The number of rotatable bonds is 2. The minimum absolute atomic E-state index is 0.259. The third kappa shape index (κ3) is 2.54. The smallest absolute Gasteiger partial charge is 0.341 e. The lowest BCUT2D eigenvalue weighted by atomic mass is 9.82. The summed E-state index contributed by atoms with van der Waals surface area (Å²) in [5.41, 5.74) is -1.50. The molecular weight excluding hydrogens is 321 g/mol. The summed E-state index contributed by atoms with van der Waals surface area (Å²) in [6.45, 7) is 1.06. The van der Waals surface area contributed by atoms with Crippen LogP contribution in [0.3, 0.4) is 0 Å². The second-order valence-corrected chi connectivity index (χ2v) is 7.34. The molecule has 2 bridgehead atoms. The molecule has 0 spiro atoms. The van der Waals surface area contributed by atoms with E-state index in [9.17, 15) is 22.8 Å². The number of fused-ring (bicyclic) bond motifs is 5. The van der Waals surface area contributed by atoms with Gasteiger partial charge in [-0.25, -0.2) is 0 Å². The molecule has 1 aliphatic heterocycles. The normalized spacial score (nSPS) is 31.5. The van der Waals surface area contributed by atoms with Gasteiger partial charge >= 0.3 is 6.18 Å². The Hall–Kier alpha value is -1.79. The fourth-order valence-electron chi connectivity index (χ4n) is 4.95. The Bertz CT molecular complexity index is 709. The van der Waals surface area contributed by atoms with Crippen LogP contribution in [0.5, 0.6) is 0 Å². The summed E-state index contributed by atoms with van der Waals surface area (Å²) in [6, 6.07) is 1.62. The third-order valence-corrected chi connectivity index (χ3v) is 6.11. The number of hydrogen-bond acceptors (Lipinski definition) is 2. The van der Waals surface area contributed by atoms with Crippen LogP contribution in [0.1, 0.15) is 24.8 Å². The Balaban J connectivity index is 1.48. The molecular formula is C17H19F3N2O2. The molecule has 3 fully saturated rings. The first-order valence-corrected chi connectivity index (χ1v) is 8.38. The molecule has 0 aromatic carbocycles. The number of amides is 1. The molecule has 3 aliphatic rings. The number of carbonyl (C=O) groups excluding carboxylic acids is 1. The van der Waals surface area contributed by atoms with Crippen molar-refractivity contribution in [2.45, 2.75) is 32.0 Å². The van der Waals surface area contributed by atoms with Crippen molar-refractivity contribution in [1.29, 1.82) is 0 Å². The summed E-state index contributed by atoms with van der Waals surface area (Å²) in [5.74, 6) is 2.24. The number of aromatic nitrogens is 1. The molecule has 1 aromatic heterocycles. The lowest BCUT2D eigenvalue weighted by molar-refractivity contribution is -0.138. The van der Waals surface area contributed by atoms with Crippen LogP contribution in [0.2, 0.25) is 0 Å². The number of pyridine rings is 1. The quantitative estimate of drug-likeness (QED) is 0.829. The molecule has 1 saturated heterocycles. The number of halogens is 3. The van der Waals surface area contributed by atoms with E-state index in [4.69, 9.17) is 0 Å². The second-order valence-electron chi connectivity index (χ2n) is 7.34. The molecule has 4 nitrogen and oxygen atoms in total. The second kappa shape index (κ2) is 5.36. The summed E-state index contributed by atoms with van der Waals surface area (Å²) in [4.78, 5) is 26.0. The van der Waals surface area contributed by atoms with E-state index >= 15 is 0 Å². The number of alkyl halides is 3. The maximum Gasteiger partial charge on any atom is 0.417 e. The standard InChI is InChI=1S/C17H19F3N2O2/c18-17(19,20)12-3-4-15(23)21(6-12)9-16(24)22-7-13-10-1-2-11(5-10)14(13)8-22/h3-4,6,10-11,13-14H,1-2,5,7-9H2/t10-,11+,13-,14+. The maximum atomic E-state index is 12.8. The van der Waals surface area contributed by atoms with Gasteiger partial charge in [0.15, 0.2) is 0 Å². The summed E-state index contributed by atoms with van der Waals surface area (Å²) in [5, 5.41) is 0. The van der Waals surface area contributed by atoms with E-state index in [2.05, 4.69) is 0 Å². The van der Waals surface area contributed by atoms with Gasteiger partial charge in [-0.2, -0.15) is 13.2 Å². The largest absolute Gasteiger partial charge is 0.417 e. The van der Waals surface area contributed by atoms with Gasteiger partial charge in [0.2, 0.25) is 5.91 Å². The van der Waals surface area contributed by atoms with Crippen LogP contribution in [0.15, 0.2) is 23.1 Å². The van der Waals surface area contributed by atoms with E-state index in [0.717, 1.165) is 22.9 Å². The summed E-state index contributed by atoms with van der Waals surface area (Å²) < 4.78 is 39.2. The van der Waals surface area contributed by atoms with Crippen LogP contribution in [0.4, 0.5) is 13.2 Å². The molecule has 1 aromatic rings. The molecule has 2 aliphatic carbocycles. The van der Waals surface area contributed by atoms with Crippen molar-refractivity contribution >= 4 is 5.91 Å². The predicted molar refractivity (Wildman–Crippen MR) is 80.1 cm³/mol. The first kappa shape index (κ1) is 15.7. The molecule has 7 heteroatoms. The van der Waals surface area contributed by atoms with Gasteiger partial charge in [0, 0.05) is 25.4 Å². The van der Waals surface area contributed by atoms with Gasteiger partial charge in [0.1, 0.15) is 6.54 Å². The monoisotopic (exact) mass is 340 g/mol. The molecule has 24 heavy (non-hydrogen) atoms. The molecule has 4 rings (SSSR count). The number of likely N-dealkylation sites (tertiary alicyclic amines) is 1. The van der Waals surface area contributed by atoms with Crippen LogP contribution in [-0.2, 0) is 17.5 Å². The van der Waals surface area contributed by atoms with Gasteiger partial charge in [0.05, 0.1) is 5.56 Å². The zero-order valence-electron chi connectivity index (χ0n) is 13.1. The lowest BCUT2D eigenvalue weighted by Gasteiger charge is -2.22. The summed E-state index contributed by atoms with van der Waals surface area (Å²) in [6.07, 6.45) is -0.0461. The van der Waals surface area contributed by atoms with Crippen molar-refractivity contribution in [3.8, 4) is 0 Å². The number of hydrogen-bond donors (Lipinski definition) is 0. The minimum atomic E-state index is -4.53. The molecule has 0 unspecified atom stereocenters. The van der Waals surface area contributed by atoms with Crippen molar-refractivity contribution in [1.82, 2.24) is 9.47 Å². The van der Waals surface area contributed by atoms with E-state index in [-0.39, 0.29) is 12.5 Å². The van der Waals surface area contributed by atoms with Gasteiger partial charge in [-0.05, 0) is 49.0 Å². The minimum Gasteiger partial charge on any atom is -0.341 e. The van der Waals surface area contributed by atoms with Crippen LogP contribution in [0, 0.1) is 23.7 Å². The van der Waals surface area contributed by atoms with E-state index in [1.807, 2.05) is 0 Å². The van der Waals surface area contributed by atoms with Crippen LogP contribution in [-0.4, -0.2) is 28.5 Å². The summed E-state index contributed by atoms with van der Waals surface area (Å²) >= 11 is 0. The molecule has 4 atom stereocenters. The Morgan fingerprint density at radius 2 is 1.75 bits per heavy atom. The van der Waals surface area contributed by atoms with Crippen LogP contribution >= 0.6 is 0 Å². The van der Waals surface area contributed by atoms with Gasteiger partial charge in [0.25, 0.3) is 5.56 Å². The fourth-order valence-corrected chi connectivity index (χ4v) is 4.95. The van der Waals surface area contributed by atoms with Gasteiger partial charge in [-0.3, -0.25) is 9.59 Å². The topological polar surface area (TPSA) is 42.3 Å². The summed E-state index contributed by atoms with van der Waals surface area (Å²) in [7, 11) is 0. The Labute approximate surface area is 137 Å². The van der Waals surface area contributed by atoms with Crippen LogP contribution < -0.4 is 5.56 Å². The van der Waals surface area contributed by atoms with E-state index in [0.29, 0.717) is 36.8 Å². The molecule has 2 saturated carbocycles. The molecule has 0 N–H and O–H groups in total. The predicted octanol–water partition coefficient (Wildman–Crippen LogP) is 2.37. The van der Waals surface area contributed by atoms with Crippen molar-refractivity contribution in [3.05, 3.63) is 34.2 Å². The highest BCUT2D eigenvalue weighted by molar-refractivity contribution is 5.76. The first-order valence-electron chi connectivity index (χ1n) is 8.38. The van der Waals surface area contributed by atoms with E-state index in [1.165, 1.54) is 19.3 Å². The van der Waals surface area contributed by atoms with Crippen molar-refractivity contribution in [2.24, 2.45) is 23.7 Å². The first-order chi connectivity index (χ1) is 11.3.